The van der Waals surface area contributed by atoms with Gasteiger partial charge in [0.1, 0.15) is 0 Å². The Kier molecular flexibility index (Phi) is 2.63. The van der Waals surface area contributed by atoms with E-state index in [2.05, 4.69) is 32.1 Å². The average molecular weight is 171 g/mol. The van der Waals surface area contributed by atoms with Crippen molar-refractivity contribution in [1.82, 2.24) is 0 Å². The summed E-state index contributed by atoms with van der Waals surface area (Å²) in [6, 6.07) is 0. The highest BCUT2D eigenvalue weighted by atomic mass is 32.2. The van der Waals surface area contributed by atoms with Gasteiger partial charge in [0.05, 0.1) is 0 Å². The SMILES string of the molecule is CC1CC(=NSC(C)(C)C)C1. The number of hydrogen-bond acceptors (Lipinski definition) is 2. The fourth-order valence-electron chi connectivity index (χ4n) is 1.02. The predicted octanol–water partition coefficient (Wildman–Crippen LogP) is 3.30. The molecule has 0 aromatic carbocycles. The summed E-state index contributed by atoms with van der Waals surface area (Å²) in [5.41, 5.74) is 1.40. The molecule has 1 aliphatic carbocycles. The summed E-state index contributed by atoms with van der Waals surface area (Å²) < 4.78 is 4.77. The minimum absolute atomic E-state index is 0.284. The van der Waals surface area contributed by atoms with Crippen LogP contribution in [0.5, 0.6) is 0 Å². The highest BCUT2D eigenvalue weighted by molar-refractivity contribution is 7.99. The highest BCUT2D eigenvalue weighted by Crippen LogP contribution is 2.30. The van der Waals surface area contributed by atoms with Crippen LogP contribution in [0.25, 0.3) is 0 Å². The Morgan fingerprint density at radius 1 is 1.36 bits per heavy atom. The third kappa shape index (κ3) is 3.28. The molecule has 1 aliphatic rings. The maximum Gasteiger partial charge on any atom is 0.0294 e. The zero-order valence-electron chi connectivity index (χ0n) is 7.85. The van der Waals surface area contributed by atoms with Crippen LogP contribution in [-0.4, -0.2) is 10.5 Å². The molecule has 1 saturated carbocycles. The summed E-state index contributed by atoms with van der Waals surface area (Å²) in [5.74, 6) is 0.884. The van der Waals surface area contributed by atoms with Gasteiger partial charge in [-0.05, 0) is 51.5 Å². The summed E-state index contributed by atoms with van der Waals surface area (Å²) in [7, 11) is 0. The first-order valence-electron chi connectivity index (χ1n) is 4.21. The van der Waals surface area contributed by atoms with Gasteiger partial charge in [0, 0.05) is 10.5 Å². The second-order valence-electron chi connectivity index (χ2n) is 4.37. The van der Waals surface area contributed by atoms with E-state index < -0.39 is 0 Å². The van der Waals surface area contributed by atoms with E-state index in [1.54, 1.807) is 11.9 Å². The van der Waals surface area contributed by atoms with Gasteiger partial charge in [0.25, 0.3) is 0 Å². The number of rotatable bonds is 1. The van der Waals surface area contributed by atoms with Crippen LogP contribution < -0.4 is 0 Å². The van der Waals surface area contributed by atoms with Crippen molar-refractivity contribution in [3.63, 3.8) is 0 Å². The van der Waals surface area contributed by atoms with Crippen LogP contribution in [-0.2, 0) is 0 Å². The second-order valence-corrected chi connectivity index (χ2v) is 5.96. The standard InChI is InChI=1S/C9H17NS/c1-7-5-8(6-7)10-11-9(2,3)4/h7H,5-6H2,1-4H3. The predicted molar refractivity (Wildman–Crippen MR) is 53.2 cm³/mol. The van der Waals surface area contributed by atoms with Gasteiger partial charge in [0.2, 0.25) is 0 Å². The first kappa shape index (κ1) is 9.11. The van der Waals surface area contributed by atoms with Gasteiger partial charge in [-0.15, -0.1) is 0 Å². The van der Waals surface area contributed by atoms with Crippen LogP contribution in [0, 0.1) is 5.92 Å². The Balaban J connectivity index is 2.27. The van der Waals surface area contributed by atoms with Crippen molar-refractivity contribution in [2.24, 2.45) is 10.3 Å². The van der Waals surface area contributed by atoms with Gasteiger partial charge in [-0.25, -0.2) is 4.40 Å². The maximum absolute atomic E-state index is 4.48. The highest BCUT2D eigenvalue weighted by Gasteiger charge is 2.21. The van der Waals surface area contributed by atoms with Crippen molar-refractivity contribution in [2.75, 3.05) is 0 Å². The molecule has 0 aromatic rings. The third-order valence-corrected chi connectivity index (χ3v) is 2.51. The van der Waals surface area contributed by atoms with Crippen molar-refractivity contribution in [3.8, 4) is 0 Å². The fourth-order valence-corrected chi connectivity index (χ4v) is 1.57. The van der Waals surface area contributed by atoms with Crippen LogP contribution >= 0.6 is 11.9 Å². The fraction of sp³-hybridized carbons (Fsp3) is 0.889. The second kappa shape index (κ2) is 3.18. The number of hydrogen-bond donors (Lipinski definition) is 0. The van der Waals surface area contributed by atoms with E-state index in [1.807, 2.05) is 0 Å². The zero-order valence-corrected chi connectivity index (χ0v) is 8.66. The molecule has 1 nitrogen and oxygen atoms in total. The lowest BCUT2D eigenvalue weighted by atomic mass is 9.85. The van der Waals surface area contributed by atoms with Crippen LogP contribution in [0.4, 0.5) is 0 Å². The van der Waals surface area contributed by atoms with Gasteiger partial charge in [-0.2, -0.15) is 0 Å². The summed E-state index contributed by atoms with van der Waals surface area (Å²) in [5, 5.41) is 0. The maximum atomic E-state index is 4.48. The van der Waals surface area contributed by atoms with E-state index in [4.69, 9.17) is 0 Å². The molecule has 64 valence electrons. The minimum atomic E-state index is 0.284. The van der Waals surface area contributed by atoms with Crippen LogP contribution in [0.1, 0.15) is 40.5 Å². The first-order valence-corrected chi connectivity index (χ1v) is 4.98. The molecule has 1 fully saturated rings. The number of nitrogens with zero attached hydrogens (tertiary/aromatic N) is 1. The minimum Gasteiger partial charge on any atom is -0.225 e. The monoisotopic (exact) mass is 171 g/mol. The Morgan fingerprint density at radius 3 is 2.27 bits per heavy atom. The van der Waals surface area contributed by atoms with Gasteiger partial charge in [-0.3, -0.25) is 0 Å². The Hall–Kier alpha value is 0.0200. The molecule has 0 spiro atoms. The van der Waals surface area contributed by atoms with Gasteiger partial charge in [-0.1, -0.05) is 6.92 Å². The molecular formula is C9H17NS. The average Bonchev–Trinajstić information content (AvgIpc) is 1.75. The quantitative estimate of drug-likeness (QED) is 0.551. The molecule has 2 heteroatoms. The summed E-state index contributed by atoms with van der Waals surface area (Å²) in [6.07, 6.45) is 2.45. The molecule has 0 bridgehead atoms. The van der Waals surface area contributed by atoms with E-state index in [0.717, 1.165) is 5.92 Å². The zero-order chi connectivity index (χ0) is 8.48. The van der Waals surface area contributed by atoms with Crippen LogP contribution in [0.2, 0.25) is 0 Å². The molecule has 0 N–H and O–H groups in total. The van der Waals surface area contributed by atoms with Gasteiger partial charge in [0.15, 0.2) is 0 Å². The topological polar surface area (TPSA) is 12.4 Å². The van der Waals surface area contributed by atoms with Crippen molar-refractivity contribution in [1.29, 1.82) is 0 Å². The van der Waals surface area contributed by atoms with Crippen molar-refractivity contribution in [3.05, 3.63) is 0 Å². The molecule has 0 unspecified atom stereocenters. The molecule has 0 aliphatic heterocycles. The molecule has 0 radical (unpaired) electrons. The van der Waals surface area contributed by atoms with Crippen LogP contribution in [0.15, 0.2) is 4.40 Å². The Morgan fingerprint density at radius 2 is 1.91 bits per heavy atom. The molecule has 11 heavy (non-hydrogen) atoms. The van der Waals surface area contributed by atoms with E-state index in [1.165, 1.54) is 18.6 Å². The normalized spacial score (nSPS) is 24.7. The van der Waals surface area contributed by atoms with E-state index >= 15 is 0 Å². The van der Waals surface area contributed by atoms with E-state index in [0.29, 0.717) is 0 Å². The lowest BCUT2D eigenvalue weighted by Crippen LogP contribution is -2.20. The Bertz CT molecular complexity index is 159. The molecule has 0 aromatic heterocycles. The van der Waals surface area contributed by atoms with Crippen molar-refractivity contribution in [2.45, 2.75) is 45.3 Å². The summed E-state index contributed by atoms with van der Waals surface area (Å²) in [6.45, 7) is 8.87. The van der Waals surface area contributed by atoms with Crippen molar-refractivity contribution < 1.29 is 0 Å². The first-order chi connectivity index (χ1) is 4.97. The lowest BCUT2D eigenvalue weighted by Gasteiger charge is -2.24. The van der Waals surface area contributed by atoms with E-state index in [-0.39, 0.29) is 4.75 Å². The largest absolute Gasteiger partial charge is 0.225 e. The molecule has 0 atom stereocenters. The van der Waals surface area contributed by atoms with Crippen LogP contribution in [0.3, 0.4) is 0 Å². The van der Waals surface area contributed by atoms with Gasteiger partial charge < -0.3 is 0 Å². The summed E-state index contributed by atoms with van der Waals surface area (Å²) >= 11 is 1.71. The Labute approximate surface area is 73.8 Å². The smallest absolute Gasteiger partial charge is 0.0294 e. The molecule has 0 heterocycles. The van der Waals surface area contributed by atoms with Crippen molar-refractivity contribution >= 4 is 17.7 Å². The molecular weight excluding hydrogens is 154 g/mol. The third-order valence-electron chi connectivity index (χ3n) is 1.62. The molecule has 0 saturated heterocycles. The van der Waals surface area contributed by atoms with E-state index in [9.17, 15) is 0 Å². The van der Waals surface area contributed by atoms with Gasteiger partial charge >= 0.3 is 0 Å². The molecule has 1 rings (SSSR count). The molecule has 0 amide bonds. The summed E-state index contributed by atoms with van der Waals surface area (Å²) in [4.78, 5) is 0. The lowest BCUT2D eigenvalue weighted by molar-refractivity contribution is 0.557.